The number of nitrogens with two attached hydrogens (primary N) is 1. The summed E-state index contributed by atoms with van der Waals surface area (Å²) in [5, 5.41) is 5.18. The van der Waals surface area contributed by atoms with Gasteiger partial charge in [-0.25, -0.2) is 13.6 Å². The Morgan fingerprint density at radius 2 is 2.04 bits per heavy atom. The first-order chi connectivity index (χ1) is 10.7. The fourth-order valence-electron chi connectivity index (χ4n) is 2.67. The molecule has 0 radical (unpaired) electrons. The predicted octanol–water partition coefficient (Wildman–Crippen LogP) is 1.34. The molecule has 0 aliphatic heterocycles. The summed E-state index contributed by atoms with van der Waals surface area (Å²) in [5.41, 5.74) is 0.821. The van der Waals surface area contributed by atoms with E-state index in [0.29, 0.717) is 12.6 Å². The second kappa shape index (κ2) is 6.98. The minimum absolute atomic E-state index is 0.0847. The first-order valence-electron chi connectivity index (χ1n) is 7.86. The second-order valence-corrected chi connectivity index (χ2v) is 7.68. The molecule has 1 saturated carbocycles. The van der Waals surface area contributed by atoms with Crippen LogP contribution in [0.3, 0.4) is 0 Å². The zero-order valence-electron chi connectivity index (χ0n) is 13.9. The van der Waals surface area contributed by atoms with Crippen LogP contribution < -0.4 is 5.14 Å². The average molecular weight is 339 g/mol. The van der Waals surface area contributed by atoms with Crippen LogP contribution in [0, 0.1) is 0 Å². The number of carbonyl (C=O) groups is 1. The number of rotatable bonds is 7. The van der Waals surface area contributed by atoms with Crippen molar-refractivity contribution in [3.8, 4) is 0 Å². The highest BCUT2D eigenvalue weighted by molar-refractivity contribution is 7.89. The van der Waals surface area contributed by atoms with Gasteiger partial charge in [-0.15, -0.1) is 0 Å². The molecule has 0 bridgehead atoms. The number of nitrogens with zero attached hydrogens (tertiary/aromatic N) is 2. The molecule has 6 nitrogen and oxygen atoms in total. The lowest BCUT2D eigenvalue weighted by molar-refractivity contribution is -0.132. The van der Waals surface area contributed by atoms with E-state index in [1.54, 1.807) is 12.1 Å². The highest BCUT2D eigenvalue weighted by Gasteiger charge is 2.32. The molecule has 0 heterocycles. The molecular formula is C16H25N3O3S. The van der Waals surface area contributed by atoms with Gasteiger partial charge < -0.3 is 4.90 Å². The number of amides is 1. The summed E-state index contributed by atoms with van der Waals surface area (Å²) in [5.74, 6) is 0.118. The van der Waals surface area contributed by atoms with Crippen LogP contribution in [0.15, 0.2) is 29.2 Å². The normalized spacial score (nSPS) is 16.4. The topological polar surface area (TPSA) is 83.7 Å². The average Bonchev–Trinajstić information content (AvgIpc) is 3.31. The fraction of sp³-hybridized carbons (Fsp3) is 0.562. The molecule has 1 aliphatic carbocycles. The summed E-state index contributed by atoms with van der Waals surface area (Å²) in [7, 11) is -1.85. The monoisotopic (exact) mass is 339 g/mol. The highest BCUT2D eigenvalue weighted by atomic mass is 32.2. The van der Waals surface area contributed by atoms with Crippen molar-refractivity contribution in [3.05, 3.63) is 29.8 Å². The first-order valence-corrected chi connectivity index (χ1v) is 9.41. The van der Waals surface area contributed by atoms with Gasteiger partial charge >= 0.3 is 0 Å². The van der Waals surface area contributed by atoms with E-state index in [2.05, 4.69) is 0 Å². The smallest absolute Gasteiger partial charge is 0.238 e. The van der Waals surface area contributed by atoms with Crippen molar-refractivity contribution < 1.29 is 13.2 Å². The lowest BCUT2D eigenvalue weighted by atomic mass is 10.1. The lowest BCUT2D eigenvalue weighted by Gasteiger charge is -2.28. The Morgan fingerprint density at radius 3 is 2.57 bits per heavy atom. The molecule has 1 aromatic carbocycles. The number of primary sulfonamides is 1. The van der Waals surface area contributed by atoms with Gasteiger partial charge in [-0.05, 0) is 51.4 Å². The van der Waals surface area contributed by atoms with Gasteiger partial charge in [-0.2, -0.15) is 0 Å². The van der Waals surface area contributed by atoms with Crippen molar-refractivity contribution in [1.82, 2.24) is 9.80 Å². The highest BCUT2D eigenvalue weighted by Crippen LogP contribution is 2.27. The van der Waals surface area contributed by atoms with Crippen LogP contribution in [0.2, 0.25) is 0 Å². The number of carbonyl (C=O) groups excluding carboxylic acids is 1. The Labute approximate surface area is 138 Å². The summed E-state index contributed by atoms with van der Waals surface area (Å²) in [4.78, 5) is 16.3. The van der Waals surface area contributed by atoms with Gasteiger partial charge in [0.25, 0.3) is 0 Å². The molecule has 0 aromatic heterocycles. The van der Waals surface area contributed by atoms with Crippen molar-refractivity contribution in [2.45, 2.75) is 43.7 Å². The van der Waals surface area contributed by atoms with Crippen molar-refractivity contribution in [2.24, 2.45) is 5.14 Å². The van der Waals surface area contributed by atoms with Crippen molar-refractivity contribution >= 4 is 15.9 Å². The minimum Gasteiger partial charge on any atom is -0.339 e. The zero-order chi connectivity index (χ0) is 17.2. The lowest BCUT2D eigenvalue weighted by Crippen LogP contribution is -2.40. The van der Waals surface area contributed by atoms with Crippen LogP contribution in [0.5, 0.6) is 0 Å². The summed E-state index contributed by atoms with van der Waals surface area (Å²) in [6.07, 6.45) is 2.19. The van der Waals surface area contributed by atoms with Gasteiger partial charge in [-0.1, -0.05) is 12.1 Å². The SMILES string of the molecule is CCN(C(=O)CN(C)[C@H](C)c1cccc(S(N)(=O)=O)c1)C1CC1. The van der Waals surface area contributed by atoms with Gasteiger partial charge in [0.1, 0.15) is 0 Å². The van der Waals surface area contributed by atoms with Gasteiger partial charge in [0.05, 0.1) is 11.4 Å². The number of benzene rings is 1. The van der Waals surface area contributed by atoms with Gasteiger partial charge in [0.2, 0.25) is 15.9 Å². The quantitative estimate of drug-likeness (QED) is 0.812. The number of hydrogen-bond acceptors (Lipinski definition) is 4. The molecule has 2 N–H and O–H groups in total. The molecule has 1 aliphatic rings. The van der Waals surface area contributed by atoms with E-state index in [-0.39, 0.29) is 16.8 Å². The zero-order valence-corrected chi connectivity index (χ0v) is 14.7. The Balaban J connectivity index is 2.07. The van der Waals surface area contributed by atoms with E-state index in [9.17, 15) is 13.2 Å². The Morgan fingerprint density at radius 1 is 1.39 bits per heavy atom. The molecule has 0 unspecified atom stereocenters. The largest absolute Gasteiger partial charge is 0.339 e. The molecule has 1 fully saturated rings. The maximum absolute atomic E-state index is 12.4. The van der Waals surface area contributed by atoms with Crippen LogP contribution in [0.25, 0.3) is 0 Å². The van der Waals surface area contributed by atoms with E-state index < -0.39 is 10.0 Å². The first kappa shape index (κ1) is 17.9. The molecule has 7 heteroatoms. The maximum atomic E-state index is 12.4. The van der Waals surface area contributed by atoms with Crippen LogP contribution in [0.1, 0.15) is 38.3 Å². The molecule has 1 amide bonds. The van der Waals surface area contributed by atoms with Crippen molar-refractivity contribution in [3.63, 3.8) is 0 Å². The van der Waals surface area contributed by atoms with E-state index in [4.69, 9.17) is 5.14 Å². The van der Waals surface area contributed by atoms with E-state index in [1.165, 1.54) is 6.07 Å². The van der Waals surface area contributed by atoms with Gasteiger partial charge in [0, 0.05) is 18.6 Å². The molecule has 1 aromatic rings. The number of sulfonamides is 1. The van der Waals surface area contributed by atoms with Gasteiger partial charge in [0.15, 0.2) is 0 Å². The van der Waals surface area contributed by atoms with Crippen molar-refractivity contribution in [2.75, 3.05) is 20.1 Å². The van der Waals surface area contributed by atoms with Crippen molar-refractivity contribution in [1.29, 1.82) is 0 Å². The summed E-state index contributed by atoms with van der Waals surface area (Å²) < 4.78 is 22.9. The fourth-order valence-corrected chi connectivity index (χ4v) is 3.24. The summed E-state index contributed by atoms with van der Waals surface area (Å²) in [6, 6.07) is 6.88. The molecule has 23 heavy (non-hydrogen) atoms. The van der Waals surface area contributed by atoms with Crippen LogP contribution in [0.4, 0.5) is 0 Å². The third-order valence-electron chi connectivity index (χ3n) is 4.36. The number of hydrogen-bond donors (Lipinski definition) is 1. The van der Waals surface area contributed by atoms with Crippen LogP contribution in [-0.2, 0) is 14.8 Å². The van der Waals surface area contributed by atoms with Gasteiger partial charge in [-0.3, -0.25) is 9.69 Å². The predicted molar refractivity (Wildman–Crippen MR) is 89.3 cm³/mol. The third-order valence-corrected chi connectivity index (χ3v) is 5.27. The Hall–Kier alpha value is -1.44. The minimum atomic E-state index is -3.72. The third kappa shape index (κ3) is 4.53. The van der Waals surface area contributed by atoms with E-state index >= 15 is 0 Å². The molecule has 1 atom stereocenters. The second-order valence-electron chi connectivity index (χ2n) is 6.12. The Bertz CT molecular complexity index is 671. The van der Waals surface area contributed by atoms with Crippen LogP contribution in [-0.4, -0.2) is 50.3 Å². The summed E-state index contributed by atoms with van der Waals surface area (Å²) >= 11 is 0. The Kier molecular flexibility index (Phi) is 5.44. The van der Waals surface area contributed by atoms with Crippen LogP contribution >= 0.6 is 0 Å². The molecular weight excluding hydrogens is 314 g/mol. The van der Waals surface area contributed by atoms with E-state index in [0.717, 1.165) is 24.9 Å². The molecule has 2 rings (SSSR count). The molecule has 0 saturated heterocycles. The number of likely N-dealkylation sites (N-methyl/N-ethyl adjacent to an activating group) is 2. The summed E-state index contributed by atoms with van der Waals surface area (Å²) in [6.45, 7) is 4.98. The molecule has 0 spiro atoms. The maximum Gasteiger partial charge on any atom is 0.238 e. The molecule has 128 valence electrons. The van der Waals surface area contributed by atoms with E-state index in [1.807, 2.05) is 36.8 Å². The standard InChI is InChI=1S/C16H25N3O3S/c1-4-19(14-8-9-14)16(20)11-18(3)12(2)13-6-5-7-15(10-13)23(17,21)22/h5-7,10,12,14H,4,8-9,11H2,1-3H3,(H2,17,21,22)/t12-/m1/s1.